The first-order valence-corrected chi connectivity index (χ1v) is 10.5. The van der Waals surface area contributed by atoms with Crippen LogP contribution in [0.25, 0.3) is 16.8 Å². The maximum Gasteiger partial charge on any atom is 0.293 e. The lowest BCUT2D eigenvalue weighted by atomic mass is 10.0. The van der Waals surface area contributed by atoms with Crippen LogP contribution in [0, 0.1) is 10.1 Å². The van der Waals surface area contributed by atoms with Crippen LogP contribution >= 0.6 is 11.8 Å². The number of hydrogen-bond donors (Lipinski definition) is 0. The smallest absolute Gasteiger partial charge is 0.293 e. The number of rotatable bonds is 7. The van der Waals surface area contributed by atoms with Gasteiger partial charge in [0.2, 0.25) is 0 Å². The summed E-state index contributed by atoms with van der Waals surface area (Å²) in [4.78, 5) is 36.9. The molecule has 1 aliphatic rings. The number of carbonyl (C=O) groups is 2. The van der Waals surface area contributed by atoms with Crippen molar-refractivity contribution >= 4 is 45.4 Å². The van der Waals surface area contributed by atoms with E-state index in [9.17, 15) is 19.7 Å². The van der Waals surface area contributed by atoms with Gasteiger partial charge in [0.15, 0.2) is 0 Å². The molecule has 0 aromatic heterocycles. The molecule has 4 rings (SSSR count). The zero-order chi connectivity index (χ0) is 22.7. The summed E-state index contributed by atoms with van der Waals surface area (Å²) in [5.74, 6) is 0.128. The lowest BCUT2D eigenvalue weighted by Gasteiger charge is -2.13. The molecule has 0 saturated carbocycles. The Hall–Kier alpha value is -3.91. The number of imide groups is 1. The maximum atomic E-state index is 12.7. The van der Waals surface area contributed by atoms with Gasteiger partial charge in [-0.3, -0.25) is 24.6 Å². The van der Waals surface area contributed by atoms with Crippen molar-refractivity contribution in [3.05, 3.63) is 99.5 Å². The van der Waals surface area contributed by atoms with Crippen LogP contribution in [-0.2, 0) is 11.4 Å². The van der Waals surface area contributed by atoms with Gasteiger partial charge in [-0.2, -0.15) is 0 Å². The van der Waals surface area contributed by atoms with Gasteiger partial charge in [0.05, 0.1) is 9.83 Å². The fraction of sp³-hybridized carbons (Fsp3) is 0.0833. The van der Waals surface area contributed by atoms with E-state index in [1.165, 1.54) is 18.2 Å². The van der Waals surface area contributed by atoms with E-state index in [0.717, 1.165) is 27.4 Å². The van der Waals surface area contributed by atoms with Crippen LogP contribution in [-0.4, -0.2) is 27.5 Å². The molecular formula is C24H18N2O5S. The maximum absolute atomic E-state index is 12.7. The van der Waals surface area contributed by atoms with E-state index in [2.05, 4.69) is 6.58 Å². The highest BCUT2D eigenvalue weighted by Gasteiger charge is 2.34. The van der Waals surface area contributed by atoms with Gasteiger partial charge in [0.25, 0.3) is 16.8 Å². The highest BCUT2D eigenvalue weighted by atomic mass is 32.2. The van der Waals surface area contributed by atoms with Crippen LogP contribution in [0.3, 0.4) is 0 Å². The van der Waals surface area contributed by atoms with Crippen molar-refractivity contribution in [3.8, 4) is 5.75 Å². The summed E-state index contributed by atoms with van der Waals surface area (Å²) in [5.41, 5.74) is 1.29. The average Bonchev–Trinajstić information content (AvgIpc) is 3.06. The molecule has 0 radical (unpaired) electrons. The first-order valence-electron chi connectivity index (χ1n) is 9.72. The molecule has 0 N–H and O–H groups in total. The second-order valence-corrected chi connectivity index (χ2v) is 7.99. The van der Waals surface area contributed by atoms with Gasteiger partial charge in [0.1, 0.15) is 12.4 Å². The highest BCUT2D eigenvalue weighted by molar-refractivity contribution is 8.18. The Kier molecular flexibility index (Phi) is 6.04. The quantitative estimate of drug-likeness (QED) is 0.205. The van der Waals surface area contributed by atoms with Crippen LogP contribution in [0.2, 0.25) is 0 Å². The summed E-state index contributed by atoms with van der Waals surface area (Å²) in [6.45, 7) is 3.85. The number of ether oxygens (including phenoxy) is 1. The zero-order valence-electron chi connectivity index (χ0n) is 16.9. The van der Waals surface area contributed by atoms with Gasteiger partial charge < -0.3 is 4.74 Å². The molecule has 0 atom stereocenters. The number of thioether (sulfide) groups is 1. The number of non-ortho nitro benzene ring substituents is 1. The number of nitro groups is 1. The number of fused-ring (bicyclic) bond motifs is 1. The number of hydrogen-bond acceptors (Lipinski definition) is 6. The van der Waals surface area contributed by atoms with Gasteiger partial charge in [-0.05, 0) is 40.2 Å². The van der Waals surface area contributed by atoms with Crippen molar-refractivity contribution in [2.24, 2.45) is 0 Å². The standard InChI is InChI=1S/C24H18N2O5S/c1-2-12-25-23(27)22(32-24(25)28)14-20-19-9-4-3-7-17(19)10-11-21(20)31-15-16-6-5-8-18(13-16)26(29)30/h2-11,13-14H,1,12,15H2/b22-14+. The lowest BCUT2D eigenvalue weighted by molar-refractivity contribution is -0.384. The molecule has 1 aliphatic heterocycles. The van der Waals surface area contributed by atoms with Crippen molar-refractivity contribution in [2.45, 2.75) is 6.61 Å². The molecule has 1 heterocycles. The van der Waals surface area contributed by atoms with Crippen LogP contribution in [0.4, 0.5) is 10.5 Å². The lowest BCUT2D eigenvalue weighted by Crippen LogP contribution is -2.27. The van der Waals surface area contributed by atoms with Crippen LogP contribution in [0.15, 0.2) is 78.2 Å². The predicted molar refractivity (Wildman–Crippen MR) is 124 cm³/mol. The van der Waals surface area contributed by atoms with E-state index in [1.807, 2.05) is 30.3 Å². The molecule has 3 aromatic carbocycles. The van der Waals surface area contributed by atoms with Crippen molar-refractivity contribution < 1.29 is 19.2 Å². The minimum atomic E-state index is -0.454. The van der Waals surface area contributed by atoms with E-state index in [-0.39, 0.29) is 30.0 Å². The Morgan fingerprint density at radius 2 is 1.91 bits per heavy atom. The Balaban J connectivity index is 1.71. The summed E-state index contributed by atoms with van der Waals surface area (Å²) in [6, 6.07) is 17.6. The molecule has 1 fully saturated rings. The first kappa shape index (κ1) is 21.3. The number of nitro benzene ring substituents is 1. The second kappa shape index (κ2) is 9.07. The summed E-state index contributed by atoms with van der Waals surface area (Å²) in [6.07, 6.45) is 3.17. The molecule has 0 aliphatic carbocycles. The molecule has 0 spiro atoms. The minimum absolute atomic E-state index is 0.0132. The Morgan fingerprint density at radius 1 is 1.09 bits per heavy atom. The monoisotopic (exact) mass is 446 g/mol. The van der Waals surface area contributed by atoms with E-state index >= 15 is 0 Å². The molecule has 1 saturated heterocycles. The fourth-order valence-electron chi connectivity index (χ4n) is 3.39. The Labute approximate surface area is 188 Å². The van der Waals surface area contributed by atoms with E-state index in [0.29, 0.717) is 21.8 Å². The third-order valence-electron chi connectivity index (χ3n) is 4.91. The van der Waals surface area contributed by atoms with Gasteiger partial charge in [-0.1, -0.05) is 48.5 Å². The van der Waals surface area contributed by atoms with Crippen molar-refractivity contribution in [1.82, 2.24) is 4.90 Å². The van der Waals surface area contributed by atoms with Crippen molar-refractivity contribution in [3.63, 3.8) is 0 Å². The predicted octanol–water partition coefficient (Wildman–Crippen LogP) is 5.55. The molecule has 7 nitrogen and oxygen atoms in total. The molecule has 160 valence electrons. The summed E-state index contributed by atoms with van der Waals surface area (Å²) in [5, 5.41) is 12.5. The number of carbonyl (C=O) groups excluding carboxylic acids is 2. The van der Waals surface area contributed by atoms with Gasteiger partial charge in [0, 0.05) is 24.2 Å². The summed E-state index contributed by atoms with van der Waals surface area (Å²) >= 11 is 0.874. The Morgan fingerprint density at radius 3 is 2.69 bits per heavy atom. The normalized spacial score (nSPS) is 14.9. The fourth-order valence-corrected chi connectivity index (χ4v) is 4.22. The number of amides is 2. The van der Waals surface area contributed by atoms with E-state index < -0.39 is 4.92 Å². The molecule has 3 aromatic rings. The minimum Gasteiger partial charge on any atom is -0.488 e. The molecule has 0 bridgehead atoms. The van der Waals surface area contributed by atoms with E-state index in [4.69, 9.17) is 4.74 Å². The molecular weight excluding hydrogens is 428 g/mol. The van der Waals surface area contributed by atoms with E-state index in [1.54, 1.807) is 24.3 Å². The number of nitrogens with zero attached hydrogens (tertiary/aromatic N) is 2. The van der Waals surface area contributed by atoms with Crippen LogP contribution in [0.5, 0.6) is 5.75 Å². The van der Waals surface area contributed by atoms with Crippen LogP contribution < -0.4 is 4.74 Å². The van der Waals surface area contributed by atoms with Gasteiger partial charge in [-0.25, -0.2) is 0 Å². The number of benzene rings is 3. The summed E-state index contributed by atoms with van der Waals surface area (Å²) < 4.78 is 6.01. The van der Waals surface area contributed by atoms with Crippen LogP contribution in [0.1, 0.15) is 11.1 Å². The largest absolute Gasteiger partial charge is 0.488 e. The molecule has 0 unspecified atom stereocenters. The summed E-state index contributed by atoms with van der Waals surface area (Å²) in [7, 11) is 0. The topological polar surface area (TPSA) is 89.8 Å². The third-order valence-corrected chi connectivity index (χ3v) is 5.81. The van der Waals surface area contributed by atoms with Crippen molar-refractivity contribution in [2.75, 3.05) is 6.54 Å². The van der Waals surface area contributed by atoms with Gasteiger partial charge in [-0.15, -0.1) is 6.58 Å². The second-order valence-electron chi connectivity index (χ2n) is 7.00. The SMILES string of the molecule is C=CCN1C(=O)S/C(=C/c2c(OCc3cccc([N+](=O)[O-])c3)ccc3ccccc23)C1=O. The third kappa shape index (κ3) is 4.26. The molecule has 32 heavy (non-hydrogen) atoms. The first-order chi connectivity index (χ1) is 15.5. The molecule has 8 heteroatoms. The zero-order valence-corrected chi connectivity index (χ0v) is 17.7. The van der Waals surface area contributed by atoms with Gasteiger partial charge >= 0.3 is 0 Å². The Bertz CT molecular complexity index is 1280. The highest BCUT2D eigenvalue weighted by Crippen LogP contribution is 2.37. The average molecular weight is 446 g/mol. The van der Waals surface area contributed by atoms with Crippen molar-refractivity contribution in [1.29, 1.82) is 0 Å². The molecule has 2 amide bonds.